The summed E-state index contributed by atoms with van der Waals surface area (Å²) in [5, 5.41) is 1.09. The Balaban J connectivity index is 2.01. The maximum absolute atomic E-state index is 5.63. The molecule has 0 aromatic carbocycles. The van der Waals surface area contributed by atoms with E-state index < -0.39 is 0 Å². The number of anilines is 1. The van der Waals surface area contributed by atoms with Crippen LogP contribution in [-0.2, 0) is 12.8 Å². The number of thiophene rings is 1. The lowest BCUT2D eigenvalue weighted by Crippen LogP contribution is -2.10. The molecule has 4 rings (SSSR count). The van der Waals surface area contributed by atoms with Gasteiger partial charge in [0.15, 0.2) is 11.6 Å². The van der Waals surface area contributed by atoms with Gasteiger partial charge < -0.3 is 9.84 Å². The highest BCUT2D eigenvalue weighted by Crippen LogP contribution is 2.40. The zero-order chi connectivity index (χ0) is 12.8. The summed E-state index contributed by atoms with van der Waals surface area (Å²) in [4.78, 5) is 11.6. The van der Waals surface area contributed by atoms with Gasteiger partial charge >= 0.3 is 0 Å². The third-order valence-electron chi connectivity index (χ3n) is 3.48. The summed E-state index contributed by atoms with van der Waals surface area (Å²) in [6.45, 7) is 0. The number of fused-ring (bicyclic) bond motifs is 3. The third kappa shape index (κ3) is 1.57. The molecular formula is C13H12N4OS. The van der Waals surface area contributed by atoms with Gasteiger partial charge in [-0.05, 0) is 30.9 Å². The molecule has 0 saturated carbocycles. The van der Waals surface area contributed by atoms with Crippen molar-refractivity contribution in [2.45, 2.75) is 19.3 Å². The van der Waals surface area contributed by atoms with E-state index in [2.05, 4.69) is 15.4 Å². The van der Waals surface area contributed by atoms with E-state index in [-0.39, 0.29) is 0 Å². The van der Waals surface area contributed by atoms with Gasteiger partial charge in [0.05, 0.1) is 17.2 Å². The lowest BCUT2D eigenvalue weighted by atomic mass is 10.2. The van der Waals surface area contributed by atoms with Gasteiger partial charge in [-0.15, -0.1) is 11.3 Å². The van der Waals surface area contributed by atoms with Crippen molar-refractivity contribution in [3.05, 3.63) is 29.0 Å². The Bertz CT molecular complexity index is 748. The monoisotopic (exact) mass is 272 g/mol. The summed E-state index contributed by atoms with van der Waals surface area (Å²) in [5.74, 6) is 6.99. The Morgan fingerprint density at radius 3 is 3.05 bits per heavy atom. The Morgan fingerprint density at radius 1 is 1.32 bits per heavy atom. The van der Waals surface area contributed by atoms with Gasteiger partial charge in [0, 0.05) is 4.88 Å². The second-order valence-corrected chi connectivity index (χ2v) is 5.67. The molecule has 0 unspecified atom stereocenters. The number of nitrogens with two attached hydrogens (primary N) is 1. The number of hydrogen-bond donors (Lipinski definition) is 2. The SMILES string of the molecule is NNc1nc(-c2ccoc2)nc2sc3c(c12)CCC3. The second-order valence-electron chi connectivity index (χ2n) is 4.59. The van der Waals surface area contributed by atoms with Gasteiger partial charge in [-0.25, -0.2) is 15.8 Å². The quantitative estimate of drug-likeness (QED) is 0.554. The predicted octanol–water partition coefficient (Wildman–Crippen LogP) is 2.73. The molecule has 0 fully saturated rings. The van der Waals surface area contributed by atoms with E-state index in [1.807, 2.05) is 6.07 Å². The number of nitrogens with one attached hydrogen (secondary N) is 1. The van der Waals surface area contributed by atoms with Crippen molar-refractivity contribution < 1.29 is 4.42 Å². The van der Waals surface area contributed by atoms with Crippen LogP contribution in [0.3, 0.4) is 0 Å². The van der Waals surface area contributed by atoms with Gasteiger partial charge in [-0.1, -0.05) is 0 Å². The third-order valence-corrected chi connectivity index (χ3v) is 4.67. The lowest BCUT2D eigenvalue weighted by molar-refractivity contribution is 0.568. The molecule has 5 nitrogen and oxygen atoms in total. The van der Waals surface area contributed by atoms with E-state index in [0.717, 1.165) is 28.6 Å². The lowest BCUT2D eigenvalue weighted by Gasteiger charge is -2.05. The minimum atomic E-state index is 0.647. The van der Waals surface area contributed by atoms with Crippen LogP contribution >= 0.6 is 11.3 Å². The van der Waals surface area contributed by atoms with Crippen molar-refractivity contribution in [2.75, 3.05) is 5.43 Å². The van der Waals surface area contributed by atoms with E-state index in [1.165, 1.54) is 16.9 Å². The molecule has 0 atom stereocenters. The standard InChI is InChI=1S/C13H12N4OS/c14-17-12-10-8-2-1-3-9(8)19-13(10)16-11(15-12)7-4-5-18-6-7/h4-6H,1-3,14H2,(H,15,16,17). The molecule has 96 valence electrons. The number of hydrogen-bond acceptors (Lipinski definition) is 6. The van der Waals surface area contributed by atoms with E-state index in [0.29, 0.717) is 11.6 Å². The van der Waals surface area contributed by atoms with Crippen molar-refractivity contribution in [1.29, 1.82) is 0 Å². The van der Waals surface area contributed by atoms with Gasteiger partial charge in [0.25, 0.3) is 0 Å². The fourth-order valence-electron chi connectivity index (χ4n) is 2.62. The molecule has 0 bridgehead atoms. The number of aryl methyl sites for hydroxylation is 2. The summed E-state index contributed by atoms with van der Waals surface area (Å²) >= 11 is 1.75. The number of nitrogen functional groups attached to an aromatic ring is 1. The van der Waals surface area contributed by atoms with Gasteiger partial charge in [-0.3, -0.25) is 0 Å². The molecule has 0 aliphatic heterocycles. The second kappa shape index (κ2) is 4.04. The molecule has 19 heavy (non-hydrogen) atoms. The topological polar surface area (TPSA) is 77.0 Å². The first-order chi connectivity index (χ1) is 9.36. The van der Waals surface area contributed by atoms with Crippen LogP contribution in [0, 0.1) is 0 Å². The van der Waals surface area contributed by atoms with Crippen LogP contribution in [0.15, 0.2) is 23.0 Å². The largest absolute Gasteiger partial charge is 0.472 e. The number of furan rings is 1. The molecule has 6 heteroatoms. The van der Waals surface area contributed by atoms with Crippen molar-refractivity contribution in [3.8, 4) is 11.4 Å². The minimum Gasteiger partial charge on any atom is -0.472 e. The maximum Gasteiger partial charge on any atom is 0.166 e. The highest BCUT2D eigenvalue weighted by Gasteiger charge is 2.22. The Hall–Kier alpha value is -1.92. The molecule has 0 radical (unpaired) electrons. The van der Waals surface area contributed by atoms with E-state index in [4.69, 9.17) is 10.3 Å². The smallest absolute Gasteiger partial charge is 0.166 e. The number of rotatable bonds is 2. The molecule has 3 aromatic rings. The average molecular weight is 272 g/mol. The van der Waals surface area contributed by atoms with Crippen molar-refractivity contribution >= 4 is 27.4 Å². The van der Waals surface area contributed by atoms with Crippen molar-refractivity contribution in [1.82, 2.24) is 9.97 Å². The summed E-state index contributed by atoms with van der Waals surface area (Å²) in [6.07, 6.45) is 6.71. The fraction of sp³-hybridized carbons (Fsp3) is 0.231. The molecule has 3 aromatic heterocycles. The minimum absolute atomic E-state index is 0.647. The maximum atomic E-state index is 5.63. The number of aromatic nitrogens is 2. The summed E-state index contributed by atoms with van der Waals surface area (Å²) in [5.41, 5.74) is 4.95. The molecule has 3 heterocycles. The van der Waals surface area contributed by atoms with Gasteiger partial charge in [0.1, 0.15) is 11.1 Å². The number of nitrogens with zero attached hydrogens (tertiary/aromatic N) is 2. The first-order valence-electron chi connectivity index (χ1n) is 6.18. The zero-order valence-corrected chi connectivity index (χ0v) is 11.0. The van der Waals surface area contributed by atoms with Gasteiger partial charge in [0.2, 0.25) is 0 Å². The highest BCUT2D eigenvalue weighted by atomic mass is 32.1. The molecule has 3 N–H and O–H groups in total. The molecule has 0 saturated heterocycles. The van der Waals surface area contributed by atoms with E-state index in [1.54, 1.807) is 23.9 Å². The van der Waals surface area contributed by atoms with Crippen LogP contribution < -0.4 is 11.3 Å². The molecule has 0 spiro atoms. The Morgan fingerprint density at radius 2 is 2.26 bits per heavy atom. The molecule has 1 aliphatic carbocycles. The summed E-state index contributed by atoms with van der Waals surface area (Å²) in [7, 11) is 0. The zero-order valence-electron chi connectivity index (χ0n) is 10.1. The van der Waals surface area contributed by atoms with Crippen LogP contribution in [0.25, 0.3) is 21.6 Å². The van der Waals surface area contributed by atoms with Crippen molar-refractivity contribution in [3.63, 3.8) is 0 Å². The summed E-state index contributed by atoms with van der Waals surface area (Å²) in [6, 6.07) is 1.85. The van der Waals surface area contributed by atoms with E-state index in [9.17, 15) is 0 Å². The van der Waals surface area contributed by atoms with Gasteiger partial charge in [-0.2, -0.15) is 0 Å². The first-order valence-corrected chi connectivity index (χ1v) is 7.00. The van der Waals surface area contributed by atoms with Crippen LogP contribution in [0.2, 0.25) is 0 Å². The van der Waals surface area contributed by atoms with E-state index >= 15 is 0 Å². The van der Waals surface area contributed by atoms with Crippen LogP contribution in [-0.4, -0.2) is 9.97 Å². The molecular weight excluding hydrogens is 260 g/mol. The highest BCUT2D eigenvalue weighted by molar-refractivity contribution is 7.19. The molecule has 1 aliphatic rings. The van der Waals surface area contributed by atoms with Crippen LogP contribution in [0.5, 0.6) is 0 Å². The van der Waals surface area contributed by atoms with Crippen LogP contribution in [0.4, 0.5) is 5.82 Å². The number of hydrazine groups is 1. The van der Waals surface area contributed by atoms with Crippen molar-refractivity contribution in [2.24, 2.45) is 5.84 Å². The fourth-order valence-corrected chi connectivity index (χ4v) is 3.88. The normalized spacial score (nSPS) is 13.9. The average Bonchev–Trinajstić information content (AvgIpc) is 3.13. The van der Waals surface area contributed by atoms with Crippen LogP contribution in [0.1, 0.15) is 16.9 Å². The first kappa shape index (κ1) is 11.0. The Labute approximate surface area is 113 Å². The Kier molecular flexibility index (Phi) is 2.33. The predicted molar refractivity (Wildman–Crippen MR) is 75.0 cm³/mol. The molecule has 0 amide bonds. The summed E-state index contributed by atoms with van der Waals surface area (Å²) < 4.78 is 5.09.